The van der Waals surface area contributed by atoms with Gasteiger partial charge >= 0.3 is 0 Å². The van der Waals surface area contributed by atoms with E-state index < -0.39 is 0 Å². The lowest BCUT2D eigenvalue weighted by molar-refractivity contribution is 0.448. The molecule has 0 saturated heterocycles. The Balaban J connectivity index is 3.31. The second-order valence-corrected chi connectivity index (χ2v) is 2.18. The highest BCUT2D eigenvalue weighted by Gasteiger charge is 2.00. The minimum atomic E-state index is -0.0133. The fourth-order valence-electron chi connectivity index (χ4n) is 0.705. The molecule has 0 saturated carbocycles. The standard InChI is InChI=1S/C7H9NO2/c1-4-6(8)2-5(9)3-7(4)10/h2-3,9-10H,8H2,1H3. The van der Waals surface area contributed by atoms with E-state index in [9.17, 15) is 0 Å². The van der Waals surface area contributed by atoms with Crippen molar-refractivity contribution in [2.75, 3.05) is 5.73 Å². The predicted octanol–water partition coefficient (Wildman–Crippen LogP) is 0.988. The zero-order chi connectivity index (χ0) is 7.72. The molecule has 0 amide bonds. The van der Waals surface area contributed by atoms with Gasteiger partial charge in [0.25, 0.3) is 0 Å². The monoisotopic (exact) mass is 139 g/mol. The van der Waals surface area contributed by atoms with Gasteiger partial charge in [0, 0.05) is 23.4 Å². The van der Waals surface area contributed by atoms with Crippen LogP contribution in [0.5, 0.6) is 11.5 Å². The molecule has 0 aliphatic rings. The summed E-state index contributed by atoms with van der Waals surface area (Å²) < 4.78 is 0. The summed E-state index contributed by atoms with van der Waals surface area (Å²) in [5.74, 6) is 0.0121. The van der Waals surface area contributed by atoms with Gasteiger partial charge in [-0.2, -0.15) is 0 Å². The van der Waals surface area contributed by atoms with Crippen molar-refractivity contribution in [3.63, 3.8) is 0 Å². The average Bonchev–Trinajstić information content (AvgIpc) is 1.82. The largest absolute Gasteiger partial charge is 0.508 e. The van der Waals surface area contributed by atoms with E-state index in [0.29, 0.717) is 11.3 Å². The summed E-state index contributed by atoms with van der Waals surface area (Å²) in [4.78, 5) is 0. The summed E-state index contributed by atoms with van der Waals surface area (Å²) in [5.41, 5.74) is 6.40. The Morgan fingerprint density at radius 3 is 2.40 bits per heavy atom. The van der Waals surface area contributed by atoms with Crippen LogP contribution in [0, 0.1) is 6.92 Å². The summed E-state index contributed by atoms with van der Waals surface area (Å²) in [5, 5.41) is 17.9. The van der Waals surface area contributed by atoms with Crippen molar-refractivity contribution < 1.29 is 10.2 Å². The Kier molecular flexibility index (Phi) is 1.41. The van der Waals surface area contributed by atoms with E-state index in [0.717, 1.165) is 0 Å². The fourth-order valence-corrected chi connectivity index (χ4v) is 0.705. The number of benzene rings is 1. The van der Waals surface area contributed by atoms with Crippen LogP contribution in [-0.4, -0.2) is 10.2 Å². The number of phenols is 2. The van der Waals surface area contributed by atoms with Crippen LogP contribution < -0.4 is 5.73 Å². The molecule has 0 atom stereocenters. The molecule has 0 aliphatic heterocycles. The minimum Gasteiger partial charge on any atom is -0.508 e. The van der Waals surface area contributed by atoms with Gasteiger partial charge in [0.1, 0.15) is 11.5 Å². The molecule has 0 unspecified atom stereocenters. The molecule has 1 aromatic carbocycles. The Hall–Kier alpha value is -1.38. The van der Waals surface area contributed by atoms with Gasteiger partial charge in [-0.05, 0) is 6.92 Å². The van der Waals surface area contributed by atoms with Crippen molar-refractivity contribution in [1.29, 1.82) is 0 Å². The molecule has 1 aromatic rings. The first-order valence-corrected chi connectivity index (χ1v) is 2.89. The Morgan fingerprint density at radius 1 is 1.30 bits per heavy atom. The molecule has 54 valence electrons. The zero-order valence-electron chi connectivity index (χ0n) is 5.63. The van der Waals surface area contributed by atoms with Gasteiger partial charge in [0.15, 0.2) is 0 Å². The molecule has 0 bridgehead atoms. The maximum atomic E-state index is 9.04. The van der Waals surface area contributed by atoms with Gasteiger partial charge in [-0.1, -0.05) is 0 Å². The van der Waals surface area contributed by atoms with E-state index in [2.05, 4.69) is 0 Å². The molecule has 1 rings (SSSR count). The molecule has 4 N–H and O–H groups in total. The maximum absolute atomic E-state index is 9.04. The highest BCUT2D eigenvalue weighted by atomic mass is 16.3. The van der Waals surface area contributed by atoms with Gasteiger partial charge in [-0.3, -0.25) is 0 Å². The van der Waals surface area contributed by atoms with E-state index >= 15 is 0 Å². The minimum absolute atomic E-state index is 0.0133. The molecule has 0 fully saturated rings. The molecule has 0 aliphatic carbocycles. The Labute approximate surface area is 58.7 Å². The number of aromatic hydroxyl groups is 2. The number of anilines is 1. The normalized spacial score (nSPS) is 9.70. The number of hydrogen-bond acceptors (Lipinski definition) is 3. The van der Waals surface area contributed by atoms with Crippen LogP contribution >= 0.6 is 0 Å². The highest BCUT2D eigenvalue weighted by Crippen LogP contribution is 2.27. The lowest BCUT2D eigenvalue weighted by Crippen LogP contribution is -1.88. The van der Waals surface area contributed by atoms with Crippen molar-refractivity contribution in [3.05, 3.63) is 17.7 Å². The maximum Gasteiger partial charge on any atom is 0.124 e. The first kappa shape index (κ1) is 6.74. The first-order valence-electron chi connectivity index (χ1n) is 2.89. The van der Waals surface area contributed by atoms with Gasteiger partial charge in [-0.15, -0.1) is 0 Å². The van der Waals surface area contributed by atoms with Crippen LogP contribution in [0.15, 0.2) is 12.1 Å². The molecule has 10 heavy (non-hydrogen) atoms. The predicted molar refractivity (Wildman–Crippen MR) is 38.9 cm³/mol. The third-order valence-electron chi connectivity index (χ3n) is 1.41. The van der Waals surface area contributed by atoms with Crippen molar-refractivity contribution in [1.82, 2.24) is 0 Å². The van der Waals surface area contributed by atoms with E-state index in [1.54, 1.807) is 6.92 Å². The van der Waals surface area contributed by atoms with E-state index in [-0.39, 0.29) is 11.5 Å². The Morgan fingerprint density at radius 2 is 1.90 bits per heavy atom. The third kappa shape index (κ3) is 0.978. The van der Waals surface area contributed by atoms with Gasteiger partial charge in [0.2, 0.25) is 0 Å². The van der Waals surface area contributed by atoms with Crippen LogP contribution in [0.1, 0.15) is 5.56 Å². The quantitative estimate of drug-likeness (QED) is 0.469. The number of nitrogen functional groups attached to an aromatic ring is 1. The third-order valence-corrected chi connectivity index (χ3v) is 1.41. The lowest BCUT2D eigenvalue weighted by atomic mass is 10.2. The second-order valence-electron chi connectivity index (χ2n) is 2.18. The molecule has 0 aromatic heterocycles. The van der Waals surface area contributed by atoms with Gasteiger partial charge < -0.3 is 15.9 Å². The molecule has 3 heteroatoms. The molecule has 3 nitrogen and oxygen atoms in total. The summed E-state index contributed by atoms with van der Waals surface area (Å²) in [6.07, 6.45) is 0. The van der Waals surface area contributed by atoms with Crippen molar-refractivity contribution in [2.45, 2.75) is 6.92 Å². The molecular weight excluding hydrogens is 130 g/mol. The molecule has 0 radical (unpaired) electrons. The van der Waals surface area contributed by atoms with Crippen molar-refractivity contribution >= 4 is 5.69 Å². The molecular formula is C7H9NO2. The molecule has 0 spiro atoms. The van der Waals surface area contributed by atoms with Crippen LogP contribution in [0.4, 0.5) is 5.69 Å². The fraction of sp³-hybridized carbons (Fsp3) is 0.143. The van der Waals surface area contributed by atoms with Crippen LogP contribution in [0.25, 0.3) is 0 Å². The van der Waals surface area contributed by atoms with E-state index in [4.69, 9.17) is 15.9 Å². The zero-order valence-corrected chi connectivity index (χ0v) is 5.63. The number of phenolic OH excluding ortho intramolecular Hbond substituents is 2. The number of hydrogen-bond donors (Lipinski definition) is 3. The van der Waals surface area contributed by atoms with Gasteiger partial charge in [0.05, 0.1) is 0 Å². The van der Waals surface area contributed by atoms with Crippen molar-refractivity contribution in [3.8, 4) is 11.5 Å². The van der Waals surface area contributed by atoms with Crippen LogP contribution in [0.2, 0.25) is 0 Å². The van der Waals surface area contributed by atoms with E-state index in [1.165, 1.54) is 12.1 Å². The highest BCUT2D eigenvalue weighted by molar-refractivity contribution is 5.56. The SMILES string of the molecule is Cc1c(N)cc(O)cc1O. The van der Waals surface area contributed by atoms with Crippen LogP contribution in [-0.2, 0) is 0 Å². The lowest BCUT2D eigenvalue weighted by Gasteiger charge is -2.02. The molecule has 0 heterocycles. The van der Waals surface area contributed by atoms with Gasteiger partial charge in [-0.25, -0.2) is 0 Å². The topological polar surface area (TPSA) is 66.5 Å². The average molecular weight is 139 g/mol. The van der Waals surface area contributed by atoms with Crippen LogP contribution in [0.3, 0.4) is 0 Å². The second kappa shape index (κ2) is 2.10. The summed E-state index contributed by atoms with van der Waals surface area (Å²) in [7, 11) is 0. The summed E-state index contributed by atoms with van der Waals surface area (Å²) in [6.45, 7) is 1.68. The smallest absolute Gasteiger partial charge is 0.124 e. The summed E-state index contributed by atoms with van der Waals surface area (Å²) in [6, 6.07) is 2.65. The Bertz CT molecular complexity index is 235. The number of nitrogens with two attached hydrogens (primary N) is 1. The van der Waals surface area contributed by atoms with E-state index in [1.807, 2.05) is 0 Å². The van der Waals surface area contributed by atoms with Crippen molar-refractivity contribution in [2.24, 2.45) is 0 Å². The first-order chi connectivity index (χ1) is 4.61. The number of rotatable bonds is 0. The summed E-state index contributed by atoms with van der Waals surface area (Å²) >= 11 is 0.